The van der Waals surface area contributed by atoms with Gasteiger partial charge in [0.1, 0.15) is 0 Å². The number of thioether (sulfide) groups is 1. The summed E-state index contributed by atoms with van der Waals surface area (Å²) in [6, 6.07) is 18.2. The van der Waals surface area contributed by atoms with Crippen LogP contribution in [0, 0.1) is 0 Å². The van der Waals surface area contributed by atoms with Crippen molar-refractivity contribution in [1.82, 2.24) is 0 Å². The molecule has 0 amide bonds. The molecule has 0 aliphatic heterocycles. The number of hydrogen-bond acceptors (Lipinski definition) is 3. The summed E-state index contributed by atoms with van der Waals surface area (Å²) >= 11 is 0.303. The Bertz CT molecular complexity index is 975. The van der Waals surface area contributed by atoms with Gasteiger partial charge in [0.2, 0.25) is 0 Å². The Morgan fingerprint density at radius 1 is 0.875 bits per heavy atom. The average Bonchev–Trinajstić information content (AvgIpc) is 2.55. The first-order valence-corrected chi connectivity index (χ1v) is 9.37. The van der Waals surface area contributed by atoms with E-state index in [4.69, 9.17) is 0 Å². The lowest BCUT2D eigenvalue weighted by Gasteiger charge is -2.12. The number of halogens is 2. The van der Waals surface area contributed by atoms with E-state index < -0.39 is 15.8 Å². The highest BCUT2D eigenvalue weighted by molar-refractivity contribution is 7.99. The predicted octanol–water partition coefficient (Wildman–Crippen LogP) is 4.96. The Balaban J connectivity index is 1.96. The molecule has 0 aliphatic carbocycles. The van der Waals surface area contributed by atoms with Crippen LogP contribution in [0.2, 0.25) is 0 Å². The van der Waals surface area contributed by atoms with Gasteiger partial charge in [0, 0.05) is 4.90 Å². The van der Waals surface area contributed by atoms with Crippen LogP contribution in [0.1, 0.15) is 0 Å². The van der Waals surface area contributed by atoms with Crippen molar-refractivity contribution < 1.29 is 17.2 Å². The molecule has 24 heavy (non-hydrogen) atoms. The average molecular weight is 365 g/mol. The van der Waals surface area contributed by atoms with E-state index in [1.807, 2.05) is 24.3 Å². The molecule has 0 saturated heterocycles. The highest BCUT2D eigenvalue weighted by Crippen LogP contribution is 2.33. The van der Waals surface area contributed by atoms with Crippen molar-refractivity contribution in [2.24, 2.45) is 0 Å². The minimum atomic E-state index is -3.87. The molecule has 3 aromatic rings. The number of benzene rings is 3. The number of sulfonamides is 1. The topological polar surface area (TPSA) is 46.2 Å². The van der Waals surface area contributed by atoms with Crippen LogP contribution in [-0.2, 0) is 10.0 Å². The molecule has 0 bridgehead atoms. The van der Waals surface area contributed by atoms with Crippen LogP contribution in [0.4, 0.5) is 14.5 Å². The second-order valence-corrected chi connectivity index (χ2v) is 7.70. The van der Waals surface area contributed by atoms with Crippen molar-refractivity contribution >= 4 is 38.2 Å². The van der Waals surface area contributed by atoms with Crippen LogP contribution in [0.15, 0.2) is 76.5 Å². The van der Waals surface area contributed by atoms with Gasteiger partial charge in [-0.2, -0.15) is 8.78 Å². The summed E-state index contributed by atoms with van der Waals surface area (Å²) in [4.78, 5) is 0.259. The Kier molecular flexibility index (Phi) is 4.73. The van der Waals surface area contributed by atoms with E-state index in [9.17, 15) is 17.2 Å². The third kappa shape index (κ3) is 3.68. The fraction of sp³-hybridized carbons (Fsp3) is 0.0588. The van der Waals surface area contributed by atoms with E-state index in [0.717, 1.165) is 10.8 Å². The first-order valence-electron chi connectivity index (χ1n) is 7.01. The van der Waals surface area contributed by atoms with E-state index in [1.54, 1.807) is 24.3 Å². The maximum Gasteiger partial charge on any atom is 0.288 e. The molecule has 0 atom stereocenters. The van der Waals surface area contributed by atoms with Crippen molar-refractivity contribution in [1.29, 1.82) is 0 Å². The van der Waals surface area contributed by atoms with E-state index in [2.05, 4.69) is 4.72 Å². The summed E-state index contributed by atoms with van der Waals surface area (Å²) in [6.45, 7) is 0. The zero-order valence-corrected chi connectivity index (χ0v) is 14.0. The number of alkyl halides is 2. The highest BCUT2D eigenvalue weighted by atomic mass is 32.2. The second kappa shape index (κ2) is 6.78. The SMILES string of the molecule is O=S(=O)(Nc1ccccc1SC(F)F)c1ccc2ccccc2c1. The molecule has 0 aliphatic rings. The molecule has 0 heterocycles. The minimum Gasteiger partial charge on any atom is -0.278 e. The fourth-order valence-corrected chi connectivity index (χ4v) is 4.06. The molecule has 0 spiro atoms. The minimum absolute atomic E-state index is 0.0815. The Labute approximate surface area is 142 Å². The van der Waals surface area contributed by atoms with Gasteiger partial charge in [-0.3, -0.25) is 4.72 Å². The molecule has 3 rings (SSSR count). The van der Waals surface area contributed by atoms with Crippen LogP contribution in [0.5, 0.6) is 0 Å². The molecule has 0 fully saturated rings. The van der Waals surface area contributed by atoms with Crippen LogP contribution in [0.3, 0.4) is 0 Å². The van der Waals surface area contributed by atoms with Gasteiger partial charge in [-0.15, -0.1) is 0 Å². The van der Waals surface area contributed by atoms with Crippen molar-refractivity contribution in [3.8, 4) is 0 Å². The number of hydrogen-bond donors (Lipinski definition) is 1. The first-order chi connectivity index (χ1) is 11.5. The Hall–Kier alpha value is -2.12. The van der Waals surface area contributed by atoms with Gasteiger partial charge in [0.05, 0.1) is 10.6 Å². The summed E-state index contributed by atoms with van der Waals surface area (Å²) < 4.78 is 52.8. The fourth-order valence-electron chi connectivity index (χ4n) is 2.29. The molecule has 124 valence electrons. The van der Waals surface area contributed by atoms with Gasteiger partial charge in [0.25, 0.3) is 15.8 Å². The molecule has 7 heteroatoms. The van der Waals surface area contributed by atoms with Gasteiger partial charge >= 0.3 is 0 Å². The number of para-hydroxylation sites is 1. The number of rotatable bonds is 5. The lowest BCUT2D eigenvalue weighted by atomic mass is 10.1. The van der Waals surface area contributed by atoms with Crippen molar-refractivity contribution in [3.05, 3.63) is 66.7 Å². The van der Waals surface area contributed by atoms with Crippen molar-refractivity contribution in [2.45, 2.75) is 15.5 Å². The van der Waals surface area contributed by atoms with Crippen LogP contribution >= 0.6 is 11.8 Å². The van der Waals surface area contributed by atoms with Gasteiger partial charge < -0.3 is 0 Å². The summed E-state index contributed by atoms with van der Waals surface area (Å²) in [5.41, 5.74) is 0.135. The van der Waals surface area contributed by atoms with Crippen LogP contribution in [-0.4, -0.2) is 14.2 Å². The first kappa shape index (κ1) is 16.7. The van der Waals surface area contributed by atoms with E-state index in [-0.39, 0.29) is 15.5 Å². The third-order valence-corrected chi connectivity index (χ3v) is 5.53. The monoisotopic (exact) mass is 365 g/mol. The van der Waals surface area contributed by atoms with Crippen LogP contribution in [0.25, 0.3) is 10.8 Å². The van der Waals surface area contributed by atoms with Crippen LogP contribution < -0.4 is 4.72 Å². The van der Waals surface area contributed by atoms with Crippen molar-refractivity contribution in [3.63, 3.8) is 0 Å². The van der Waals surface area contributed by atoms with E-state index >= 15 is 0 Å². The standard InChI is InChI=1S/C17H13F2NO2S2/c18-17(19)23-16-8-4-3-7-15(16)20-24(21,22)14-10-9-12-5-1-2-6-13(12)11-14/h1-11,17,20H. The molecule has 0 unspecified atom stereocenters. The molecule has 0 aromatic heterocycles. The smallest absolute Gasteiger partial charge is 0.278 e. The quantitative estimate of drug-likeness (QED) is 0.651. The summed E-state index contributed by atoms with van der Waals surface area (Å²) in [5.74, 6) is -2.63. The second-order valence-electron chi connectivity index (χ2n) is 4.99. The summed E-state index contributed by atoms with van der Waals surface area (Å²) in [5, 5.41) is 1.71. The van der Waals surface area contributed by atoms with Gasteiger partial charge in [-0.25, -0.2) is 8.42 Å². The normalized spacial score (nSPS) is 11.8. The van der Waals surface area contributed by atoms with Gasteiger partial charge in [-0.1, -0.05) is 54.2 Å². The lowest BCUT2D eigenvalue weighted by Crippen LogP contribution is -2.13. The van der Waals surface area contributed by atoms with Gasteiger partial charge in [-0.05, 0) is 35.0 Å². The molecule has 3 nitrogen and oxygen atoms in total. The predicted molar refractivity (Wildman–Crippen MR) is 93.1 cm³/mol. The lowest BCUT2D eigenvalue weighted by molar-refractivity contribution is 0.252. The van der Waals surface area contributed by atoms with E-state index in [1.165, 1.54) is 18.2 Å². The maximum atomic E-state index is 12.6. The zero-order chi connectivity index (χ0) is 17.2. The molecular weight excluding hydrogens is 352 g/mol. The van der Waals surface area contributed by atoms with Gasteiger partial charge in [0.15, 0.2) is 0 Å². The molecular formula is C17H13F2NO2S2. The summed E-state index contributed by atoms with van der Waals surface area (Å²) in [7, 11) is -3.87. The molecule has 0 saturated carbocycles. The number of fused-ring (bicyclic) bond motifs is 1. The number of nitrogens with one attached hydrogen (secondary N) is 1. The zero-order valence-electron chi connectivity index (χ0n) is 12.3. The molecule has 0 radical (unpaired) electrons. The Morgan fingerprint density at radius 2 is 1.54 bits per heavy atom. The number of anilines is 1. The summed E-state index contributed by atoms with van der Waals surface area (Å²) in [6.07, 6.45) is 0. The highest BCUT2D eigenvalue weighted by Gasteiger charge is 2.18. The van der Waals surface area contributed by atoms with E-state index in [0.29, 0.717) is 11.8 Å². The molecule has 1 N–H and O–H groups in total. The maximum absolute atomic E-state index is 12.6. The largest absolute Gasteiger partial charge is 0.288 e. The Morgan fingerprint density at radius 3 is 2.29 bits per heavy atom. The molecule has 3 aromatic carbocycles. The van der Waals surface area contributed by atoms with Crippen molar-refractivity contribution in [2.75, 3.05) is 4.72 Å². The third-order valence-electron chi connectivity index (χ3n) is 3.38.